The number of rotatable bonds is 3. The van der Waals surface area contributed by atoms with Gasteiger partial charge in [0.2, 0.25) is 0 Å². The molecular weight excluding hydrogens is 210 g/mol. The van der Waals surface area contributed by atoms with Gasteiger partial charge in [-0.1, -0.05) is 0 Å². The Morgan fingerprint density at radius 3 is 2.29 bits per heavy atom. The van der Waals surface area contributed by atoms with E-state index >= 15 is 0 Å². The van der Waals surface area contributed by atoms with Gasteiger partial charge in [0.15, 0.2) is 0 Å². The predicted octanol–water partition coefficient (Wildman–Crippen LogP) is 1.64. The Bertz CT molecular complexity index is 239. The Balaban J connectivity index is 0.000000500. The average Bonchev–Trinajstić information content (AvgIpc) is 2.18. The zero-order valence-corrected chi connectivity index (χ0v) is 10.6. The van der Waals surface area contributed by atoms with Crippen molar-refractivity contribution in [1.29, 1.82) is 0 Å². The van der Waals surface area contributed by atoms with Crippen molar-refractivity contribution in [2.45, 2.75) is 19.1 Å². The van der Waals surface area contributed by atoms with Crippen molar-refractivity contribution in [2.75, 3.05) is 0 Å². The van der Waals surface area contributed by atoms with Crippen LogP contribution >= 0.6 is 8.69 Å². The van der Waals surface area contributed by atoms with Crippen LogP contribution in [0.25, 0.3) is 0 Å². The summed E-state index contributed by atoms with van der Waals surface area (Å²) in [4.78, 5) is 8.35. The van der Waals surface area contributed by atoms with E-state index in [0.29, 0.717) is 15.2 Å². The molecule has 0 saturated heterocycles. The summed E-state index contributed by atoms with van der Waals surface area (Å²) in [7, 11) is -1.08. The standard InChI is InChI=1S/C6H5.C4H9.Al.HO2P/c1-2-4-6-5-3-1;1-4(2)3;;1-3-2/h1-5H;4H,1H2,2-3H3;;(H,1,2)/q;;+1;/p-1. The van der Waals surface area contributed by atoms with E-state index in [1.54, 1.807) is 4.43 Å². The third-order valence-electron chi connectivity index (χ3n) is 1.62. The molecule has 0 aromatic heterocycles. The maximum absolute atomic E-state index is 8.35. The van der Waals surface area contributed by atoms with Crippen molar-refractivity contribution < 1.29 is 9.46 Å². The molecule has 0 heterocycles. The van der Waals surface area contributed by atoms with Gasteiger partial charge in [-0.2, -0.15) is 0 Å². The van der Waals surface area contributed by atoms with Gasteiger partial charge in [0, 0.05) is 0 Å². The van der Waals surface area contributed by atoms with Crippen molar-refractivity contribution in [1.82, 2.24) is 0 Å². The fourth-order valence-corrected chi connectivity index (χ4v) is 2.20. The Hall–Kier alpha value is -0.188. The Labute approximate surface area is 93.4 Å². The third-order valence-corrected chi connectivity index (χ3v) is 3.66. The van der Waals surface area contributed by atoms with E-state index in [2.05, 4.69) is 44.2 Å². The summed E-state index contributed by atoms with van der Waals surface area (Å²) >= 11 is 0.513. The van der Waals surface area contributed by atoms with Gasteiger partial charge in [0.05, 0.1) is 8.69 Å². The second-order valence-corrected chi connectivity index (χ2v) is 5.01. The smallest absolute Gasteiger partial charge is 0.0642 e. The maximum atomic E-state index is 8.35. The zero-order chi connectivity index (χ0) is 10.8. The Morgan fingerprint density at radius 1 is 1.36 bits per heavy atom. The maximum Gasteiger partial charge on any atom is 0.0642 e. The van der Waals surface area contributed by atoms with E-state index in [1.807, 2.05) is 0 Å². The quantitative estimate of drug-likeness (QED) is 0.578. The van der Waals surface area contributed by atoms with Crippen LogP contribution in [0.2, 0.25) is 5.28 Å². The molecule has 0 atom stereocenters. The molecule has 14 heavy (non-hydrogen) atoms. The summed E-state index contributed by atoms with van der Waals surface area (Å²) in [6, 6.07) is 10.8. The van der Waals surface area contributed by atoms with E-state index in [4.69, 9.17) is 9.46 Å². The van der Waals surface area contributed by atoms with Gasteiger partial charge in [-0.25, -0.2) is 0 Å². The van der Waals surface area contributed by atoms with E-state index in [-0.39, 0.29) is 0 Å². The van der Waals surface area contributed by atoms with Crippen LogP contribution in [-0.4, -0.2) is 15.2 Å². The number of benzene rings is 1. The van der Waals surface area contributed by atoms with E-state index in [0.717, 1.165) is 5.92 Å². The molecule has 0 fully saturated rings. The molecule has 4 heteroatoms. The van der Waals surface area contributed by atoms with Crippen LogP contribution in [0.3, 0.4) is 0 Å². The molecule has 1 aromatic carbocycles. The van der Waals surface area contributed by atoms with Crippen LogP contribution in [0.5, 0.6) is 0 Å². The minimum Gasteiger partial charge on any atom is -0.772 e. The van der Waals surface area contributed by atoms with E-state index in [9.17, 15) is 0 Å². The molecule has 0 N–H and O–H groups in total. The molecule has 2 nitrogen and oxygen atoms in total. The van der Waals surface area contributed by atoms with Crippen LogP contribution in [-0.2, 0) is 4.57 Å². The summed E-state index contributed by atoms with van der Waals surface area (Å²) in [6.07, 6.45) is 0. The first kappa shape index (κ1) is 13.8. The summed E-state index contributed by atoms with van der Waals surface area (Å²) in [5.41, 5.74) is 0. The largest absolute Gasteiger partial charge is 0.772 e. The molecule has 0 radical (unpaired) electrons. The molecule has 0 saturated carbocycles. The minimum absolute atomic E-state index is 0.513. The van der Waals surface area contributed by atoms with Gasteiger partial charge in [-0.3, -0.25) is 4.57 Å². The first-order valence-electron chi connectivity index (χ1n) is 4.54. The van der Waals surface area contributed by atoms with Gasteiger partial charge in [-0.05, 0) is 0 Å². The fourth-order valence-electron chi connectivity index (χ4n) is 0.961. The third kappa shape index (κ3) is 8.41. The first-order valence-corrected chi connectivity index (χ1v) is 6.66. The van der Waals surface area contributed by atoms with Crippen LogP contribution in [0.4, 0.5) is 0 Å². The van der Waals surface area contributed by atoms with Crippen LogP contribution in [0, 0.1) is 5.92 Å². The Morgan fingerprint density at radius 2 is 1.86 bits per heavy atom. The average molecular weight is 224 g/mol. The number of hydrogen-bond acceptors (Lipinski definition) is 2. The second kappa shape index (κ2) is 9.37. The van der Waals surface area contributed by atoms with Gasteiger partial charge < -0.3 is 4.89 Å². The van der Waals surface area contributed by atoms with Crippen molar-refractivity contribution in [2.24, 2.45) is 5.92 Å². The normalized spacial score (nSPS) is 9.14. The van der Waals surface area contributed by atoms with E-state index in [1.165, 1.54) is 5.28 Å². The summed E-state index contributed by atoms with van der Waals surface area (Å²) in [5, 5.41) is 1.38. The van der Waals surface area contributed by atoms with Crippen molar-refractivity contribution in [3.8, 4) is 0 Å². The molecule has 0 aliphatic rings. The van der Waals surface area contributed by atoms with E-state index < -0.39 is 8.69 Å². The molecular formula is C10H14AlO2P. The minimum atomic E-state index is -1.08. The molecule has 1 rings (SSSR count). The second-order valence-electron chi connectivity index (χ2n) is 3.32. The molecule has 0 aliphatic heterocycles. The number of hydrogen-bond donors (Lipinski definition) is 0. The van der Waals surface area contributed by atoms with Crippen LogP contribution < -0.4 is 9.32 Å². The van der Waals surface area contributed by atoms with Crippen molar-refractivity contribution in [3.63, 3.8) is 0 Å². The topological polar surface area (TPSA) is 40.1 Å². The SMILES string of the molecule is CC(C)[CH2][Al+][c]1ccccc1.O=P[O-]. The van der Waals surface area contributed by atoms with Crippen LogP contribution in [0.15, 0.2) is 30.3 Å². The fraction of sp³-hybridized carbons (Fsp3) is 0.400. The zero-order valence-electron chi connectivity index (χ0n) is 8.51. The summed E-state index contributed by atoms with van der Waals surface area (Å²) in [6.45, 7) is 4.58. The molecule has 0 bridgehead atoms. The molecule has 0 unspecified atom stereocenters. The summed E-state index contributed by atoms with van der Waals surface area (Å²) in [5.74, 6) is 0.852. The summed E-state index contributed by atoms with van der Waals surface area (Å²) < 4.78 is 9.89. The van der Waals surface area contributed by atoms with Gasteiger partial charge in [0.25, 0.3) is 0 Å². The first-order chi connectivity index (χ1) is 6.70. The molecule has 74 valence electrons. The van der Waals surface area contributed by atoms with Crippen molar-refractivity contribution >= 4 is 28.3 Å². The van der Waals surface area contributed by atoms with Gasteiger partial charge in [0.1, 0.15) is 0 Å². The van der Waals surface area contributed by atoms with Gasteiger partial charge >= 0.3 is 75.0 Å². The molecule has 0 spiro atoms. The molecule has 0 aliphatic carbocycles. The monoisotopic (exact) mass is 224 g/mol. The van der Waals surface area contributed by atoms with Crippen LogP contribution in [0.1, 0.15) is 13.8 Å². The Kier molecular flexibility index (Phi) is 9.25. The van der Waals surface area contributed by atoms with Crippen molar-refractivity contribution in [3.05, 3.63) is 30.3 Å². The molecule has 1 aromatic rings. The molecule has 0 amide bonds. The predicted molar refractivity (Wildman–Crippen MR) is 59.1 cm³/mol. The van der Waals surface area contributed by atoms with Gasteiger partial charge in [-0.15, -0.1) is 0 Å².